The predicted octanol–water partition coefficient (Wildman–Crippen LogP) is 3.30. The topological polar surface area (TPSA) is 75.6 Å². The first-order valence-corrected chi connectivity index (χ1v) is 7.98. The van der Waals surface area contributed by atoms with Crippen molar-refractivity contribution in [3.8, 4) is 5.75 Å². The SMILES string of the molecule is O=C(NC1(C(=O)O)CCOc2cc(Cl)c(CF)cc21)c1ccccc1. The zero-order chi connectivity index (χ0) is 18.0. The lowest BCUT2D eigenvalue weighted by molar-refractivity contribution is -0.146. The number of hydrogen-bond acceptors (Lipinski definition) is 3. The molecule has 0 spiro atoms. The Morgan fingerprint density at radius 1 is 1.28 bits per heavy atom. The van der Waals surface area contributed by atoms with Crippen LogP contribution in [0.3, 0.4) is 0 Å². The first-order valence-electron chi connectivity index (χ1n) is 7.60. The van der Waals surface area contributed by atoms with Crippen molar-refractivity contribution in [2.45, 2.75) is 18.6 Å². The largest absolute Gasteiger partial charge is 0.493 e. The number of nitrogens with one attached hydrogen (secondary N) is 1. The quantitative estimate of drug-likeness (QED) is 0.874. The molecule has 7 heteroatoms. The Hall–Kier alpha value is -2.60. The van der Waals surface area contributed by atoms with Crippen molar-refractivity contribution in [1.82, 2.24) is 5.32 Å². The van der Waals surface area contributed by atoms with Crippen LogP contribution in [0.25, 0.3) is 0 Å². The third-order valence-electron chi connectivity index (χ3n) is 4.21. The van der Waals surface area contributed by atoms with E-state index in [0.717, 1.165) is 0 Å². The molecular formula is C18H15ClFNO4. The average molecular weight is 364 g/mol. The van der Waals surface area contributed by atoms with Gasteiger partial charge >= 0.3 is 5.97 Å². The lowest BCUT2D eigenvalue weighted by Crippen LogP contribution is -2.54. The second kappa shape index (κ2) is 6.72. The molecule has 130 valence electrons. The van der Waals surface area contributed by atoms with E-state index >= 15 is 0 Å². The van der Waals surface area contributed by atoms with Gasteiger partial charge in [0, 0.05) is 23.1 Å². The Balaban J connectivity index is 2.08. The van der Waals surface area contributed by atoms with Gasteiger partial charge in [-0.2, -0.15) is 0 Å². The lowest BCUT2D eigenvalue weighted by Gasteiger charge is -2.36. The van der Waals surface area contributed by atoms with Gasteiger partial charge in [-0.1, -0.05) is 29.8 Å². The van der Waals surface area contributed by atoms with Crippen molar-refractivity contribution >= 4 is 23.5 Å². The number of alkyl halides is 1. The van der Waals surface area contributed by atoms with Crippen LogP contribution in [0.5, 0.6) is 5.75 Å². The number of benzene rings is 2. The number of carboxylic acids is 1. The van der Waals surface area contributed by atoms with Gasteiger partial charge in [0.25, 0.3) is 5.91 Å². The van der Waals surface area contributed by atoms with Crippen LogP contribution in [0.15, 0.2) is 42.5 Å². The molecule has 1 amide bonds. The zero-order valence-electron chi connectivity index (χ0n) is 13.1. The summed E-state index contributed by atoms with van der Waals surface area (Å²) in [7, 11) is 0. The van der Waals surface area contributed by atoms with E-state index in [1.54, 1.807) is 30.3 Å². The number of aliphatic carboxylic acids is 1. The van der Waals surface area contributed by atoms with Crippen molar-refractivity contribution < 1.29 is 23.8 Å². The molecule has 0 aliphatic carbocycles. The van der Waals surface area contributed by atoms with Gasteiger partial charge < -0.3 is 15.2 Å². The Morgan fingerprint density at radius 3 is 2.64 bits per heavy atom. The summed E-state index contributed by atoms with van der Waals surface area (Å²) < 4.78 is 18.7. The third-order valence-corrected chi connectivity index (χ3v) is 4.57. The molecule has 1 unspecified atom stereocenters. The van der Waals surface area contributed by atoms with Crippen molar-refractivity contribution in [1.29, 1.82) is 0 Å². The van der Waals surface area contributed by atoms with E-state index < -0.39 is 24.1 Å². The van der Waals surface area contributed by atoms with Gasteiger partial charge in [-0.25, -0.2) is 9.18 Å². The summed E-state index contributed by atoms with van der Waals surface area (Å²) in [5.74, 6) is -1.55. The number of hydrogen-bond donors (Lipinski definition) is 2. The van der Waals surface area contributed by atoms with E-state index in [2.05, 4.69) is 5.32 Å². The molecule has 1 heterocycles. The van der Waals surface area contributed by atoms with Gasteiger partial charge in [-0.15, -0.1) is 0 Å². The molecule has 0 radical (unpaired) electrons. The maximum atomic E-state index is 13.2. The number of amides is 1. The van der Waals surface area contributed by atoms with Crippen LogP contribution in [0, 0.1) is 0 Å². The molecule has 1 atom stereocenters. The van der Waals surface area contributed by atoms with Gasteiger partial charge in [0.2, 0.25) is 0 Å². The molecule has 1 aliphatic rings. The van der Waals surface area contributed by atoms with Gasteiger partial charge in [0.1, 0.15) is 12.4 Å². The van der Waals surface area contributed by atoms with Gasteiger partial charge in [-0.05, 0) is 24.3 Å². The van der Waals surface area contributed by atoms with Gasteiger partial charge in [0.15, 0.2) is 5.54 Å². The third kappa shape index (κ3) is 3.05. The first-order chi connectivity index (χ1) is 12.0. The molecular weight excluding hydrogens is 349 g/mol. The molecule has 2 N–H and O–H groups in total. The van der Waals surface area contributed by atoms with E-state index in [4.69, 9.17) is 16.3 Å². The molecule has 0 bridgehead atoms. The first kappa shape index (κ1) is 17.2. The number of fused-ring (bicyclic) bond motifs is 1. The minimum atomic E-state index is -1.71. The van der Waals surface area contributed by atoms with E-state index in [1.165, 1.54) is 12.1 Å². The highest BCUT2D eigenvalue weighted by molar-refractivity contribution is 6.31. The zero-order valence-corrected chi connectivity index (χ0v) is 13.8. The summed E-state index contributed by atoms with van der Waals surface area (Å²) in [5, 5.41) is 12.6. The number of halogens is 2. The van der Waals surface area contributed by atoms with Crippen molar-refractivity contribution in [2.75, 3.05) is 6.61 Å². The van der Waals surface area contributed by atoms with Gasteiger partial charge in [0.05, 0.1) is 11.6 Å². The molecule has 0 fully saturated rings. The molecule has 25 heavy (non-hydrogen) atoms. The van der Waals surface area contributed by atoms with Crippen LogP contribution in [0.2, 0.25) is 5.02 Å². The Morgan fingerprint density at radius 2 is 2.00 bits per heavy atom. The van der Waals surface area contributed by atoms with Crippen LogP contribution in [0.1, 0.15) is 27.9 Å². The monoisotopic (exact) mass is 363 g/mol. The molecule has 3 rings (SSSR count). The Kier molecular flexibility index (Phi) is 4.63. The normalized spacial score (nSPS) is 18.8. The maximum Gasteiger partial charge on any atom is 0.334 e. The van der Waals surface area contributed by atoms with Gasteiger partial charge in [-0.3, -0.25) is 4.79 Å². The predicted molar refractivity (Wildman–Crippen MR) is 89.6 cm³/mol. The molecule has 0 saturated carbocycles. The summed E-state index contributed by atoms with van der Waals surface area (Å²) in [6.07, 6.45) is 0.0151. The van der Waals surface area contributed by atoms with Crippen molar-refractivity contribution in [2.24, 2.45) is 0 Å². The molecule has 0 aromatic heterocycles. The van der Waals surface area contributed by atoms with Crippen LogP contribution in [0.4, 0.5) is 4.39 Å². The summed E-state index contributed by atoms with van der Waals surface area (Å²) >= 11 is 5.98. The van der Waals surface area contributed by atoms with E-state index in [9.17, 15) is 19.1 Å². The minimum Gasteiger partial charge on any atom is -0.493 e. The van der Waals surface area contributed by atoms with E-state index in [-0.39, 0.29) is 34.9 Å². The molecule has 2 aromatic rings. The fraction of sp³-hybridized carbons (Fsp3) is 0.222. The summed E-state index contributed by atoms with van der Waals surface area (Å²) in [4.78, 5) is 24.6. The average Bonchev–Trinajstić information content (AvgIpc) is 2.61. The van der Waals surface area contributed by atoms with E-state index in [1.807, 2.05) is 0 Å². The second-order valence-corrected chi connectivity index (χ2v) is 6.11. The van der Waals surface area contributed by atoms with Crippen LogP contribution in [-0.4, -0.2) is 23.6 Å². The lowest BCUT2D eigenvalue weighted by atomic mass is 9.83. The standard InChI is InChI=1S/C18H15ClFNO4/c19-14-9-15-13(8-12(14)10-20)18(17(23)24,6-7-25-15)21-16(22)11-4-2-1-3-5-11/h1-5,8-9H,6-7,10H2,(H,21,22)(H,23,24). The second-order valence-electron chi connectivity index (χ2n) is 5.70. The minimum absolute atomic E-state index is 0.0151. The summed E-state index contributed by atoms with van der Waals surface area (Å²) in [5.41, 5.74) is -1.05. The number of rotatable bonds is 4. The summed E-state index contributed by atoms with van der Waals surface area (Å²) in [6.45, 7) is -0.770. The smallest absolute Gasteiger partial charge is 0.334 e. The molecule has 1 aliphatic heterocycles. The molecule has 5 nitrogen and oxygen atoms in total. The Labute approximate surface area is 148 Å². The Bertz CT molecular complexity index is 827. The highest BCUT2D eigenvalue weighted by Gasteiger charge is 2.46. The molecule has 0 saturated heterocycles. The molecule has 2 aromatic carbocycles. The van der Waals surface area contributed by atoms with Crippen LogP contribution in [-0.2, 0) is 17.0 Å². The maximum absolute atomic E-state index is 13.2. The highest BCUT2D eigenvalue weighted by atomic mass is 35.5. The number of carboxylic acid groups (broad SMARTS) is 1. The fourth-order valence-corrected chi connectivity index (χ4v) is 3.07. The summed E-state index contributed by atoms with van der Waals surface area (Å²) in [6, 6.07) is 11.0. The van der Waals surface area contributed by atoms with Crippen molar-refractivity contribution in [3.63, 3.8) is 0 Å². The van der Waals surface area contributed by atoms with Crippen LogP contribution < -0.4 is 10.1 Å². The van der Waals surface area contributed by atoms with Crippen LogP contribution >= 0.6 is 11.6 Å². The number of carbonyl (C=O) groups is 2. The van der Waals surface area contributed by atoms with Crippen molar-refractivity contribution in [3.05, 3.63) is 64.2 Å². The highest BCUT2D eigenvalue weighted by Crippen LogP contribution is 2.40. The fourth-order valence-electron chi connectivity index (χ4n) is 2.86. The number of ether oxygens (including phenoxy) is 1. The van der Waals surface area contributed by atoms with E-state index in [0.29, 0.717) is 5.56 Å². The number of carbonyl (C=O) groups excluding carboxylic acids is 1.